The van der Waals surface area contributed by atoms with Gasteiger partial charge >= 0.3 is 11.1 Å². The van der Waals surface area contributed by atoms with Gasteiger partial charge in [-0.25, -0.2) is 0 Å². The van der Waals surface area contributed by atoms with Gasteiger partial charge < -0.3 is 20.6 Å². The molecule has 2 rings (SSSR count). The first-order chi connectivity index (χ1) is 9.60. The molecule has 1 amide bonds. The number of fused-ring (bicyclic) bond motifs is 1. The van der Waals surface area contributed by atoms with E-state index in [-0.39, 0.29) is 12.5 Å². The molecule has 0 aliphatic heterocycles. The zero-order valence-electron chi connectivity index (χ0n) is 10.7. The van der Waals surface area contributed by atoms with E-state index in [1.807, 2.05) is 0 Å². The van der Waals surface area contributed by atoms with Crippen molar-refractivity contribution < 1.29 is 4.79 Å². The summed E-state index contributed by atoms with van der Waals surface area (Å²) in [6, 6.07) is 4.83. The molecule has 20 heavy (non-hydrogen) atoms. The maximum Gasteiger partial charge on any atom is 0.314 e. The molecule has 2 aromatic rings. The molecule has 4 N–H and O–H groups in total. The van der Waals surface area contributed by atoms with Crippen LogP contribution in [0.3, 0.4) is 0 Å². The van der Waals surface area contributed by atoms with Gasteiger partial charge in [-0.3, -0.25) is 14.4 Å². The second kappa shape index (κ2) is 5.98. The third kappa shape index (κ3) is 3.21. The van der Waals surface area contributed by atoms with Gasteiger partial charge in [0, 0.05) is 12.2 Å². The summed E-state index contributed by atoms with van der Waals surface area (Å²) in [4.78, 5) is 38.9. The van der Waals surface area contributed by atoms with Gasteiger partial charge in [0.25, 0.3) is 0 Å². The van der Waals surface area contributed by atoms with Gasteiger partial charge in [-0.05, 0) is 18.2 Å². The van der Waals surface area contributed by atoms with Crippen LogP contribution in [0.2, 0.25) is 0 Å². The Bertz CT molecular complexity index is 760. The third-order valence-electron chi connectivity index (χ3n) is 2.58. The summed E-state index contributed by atoms with van der Waals surface area (Å²) in [6.07, 6.45) is 1.66. The lowest BCUT2D eigenvalue weighted by atomic mass is 10.2. The average molecular weight is 274 g/mol. The van der Waals surface area contributed by atoms with E-state index >= 15 is 0 Å². The van der Waals surface area contributed by atoms with Crippen LogP contribution in [-0.2, 0) is 4.79 Å². The van der Waals surface area contributed by atoms with Gasteiger partial charge in [0.2, 0.25) is 5.91 Å². The number of aromatic nitrogens is 2. The lowest BCUT2D eigenvalue weighted by molar-refractivity contribution is -0.115. The topological polar surface area (TPSA) is 107 Å². The molecule has 0 unspecified atom stereocenters. The second-order valence-corrected chi connectivity index (χ2v) is 4.14. The van der Waals surface area contributed by atoms with Crippen molar-refractivity contribution in [3.63, 3.8) is 0 Å². The Hall–Kier alpha value is -2.67. The van der Waals surface area contributed by atoms with Crippen molar-refractivity contribution in [2.24, 2.45) is 0 Å². The Labute approximate surface area is 113 Å². The monoisotopic (exact) mass is 274 g/mol. The first kappa shape index (κ1) is 13.8. The number of H-pyrrole nitrogens is 2. The molecule has 0 saturated carbocycles. The predicted octanol–water partition coefficient (Wildman–Crippen LogP) is -0.0695. The van der Waals surface area contributed by atoms with Gasteiger partial charge in [-0.1, -0.05) is 6.08 Å². The van der Waals surface area contributed by atoms with Crippen LogP contribution in [0.4, 0.5) is 5.69 Å². The number of hydrogen-bond donors (Lipinski definition) is 4. The predicted molar refractivity (Wildman–Crippen MR) is 76.9 cm³/mol. The largest absolute Gasteiger partial charge is 0.325 e. The van der Waals surface area contributed by atoms with Crippen LogP contribution in [0.5, 0.6) is 0 Å². The van der Waals surface area contributed by atoms with Crippen LogP contribution in [0.25, 0.3) is 11.0 Å². The van der Waals surface area contributed by atoms with E-state index in [2.05, 4.69) is 27.2 Å². The number of aromatic amines is 2. The number of hydrogen-bond acceptors (Lipinski definition) is 4. The van der Waals surface area contributed by atoms with Crippen LogP contribution in [-0.4, -0.2) is 29.0 Å². The molecule has 1 aromatic heterocycles. The molecule has 0 saturated heterocycles. The summed E-state index contributed by atoms with van der Waals surface area (Å²) >= 11 is 0. The fourth-order valence-corrected chi connectivity index (χ4v) is 1.69. The van der Waals surface area contributed by atoms with Gasteiger partial charge in [0.05, 0.1) is 17.6 Å². The highest BCUT2D eigenvalue weighted by molar-refractivity contribution is 5.94. The Morgan fingerprint density at radius 1 is 1.20 bits per heavy atom. The summed E-state index contributed by atoms with van der Waals surface area (Å²) < 4.78 is 0. The van der Waals surface area contributed by atoms with Gasteiger partial charge in [0.15, 0.2) is 0 Å². The summed E-state index contributed by atoms with van der Waals surface area (Å²) in [5.41, 5.74) is 0.0472. The van der Waals surface area contributed by atoms with E-state index in [4.69, 9.17) is 0 Å². The summed E-state index contributed by atoms with van der Waals surface area (Å²) in [7, 11) is 0. The summed E-state index contributed by atoms with van der Waals surface area (Å²) in [5.74, 6) is -0.210. The molecular formula is C13H14N4O3. The maximum absolute atomic E-state index is 11.6. The SMILES string of the molecule is C=CCNCC(=O)Nc1ccc2[nH]c(=O)c(=O)[nH]c2c1. The van der Waals surface area contributed by atoms with E-state index in [0.717, 1.165) is 0 Å². The van der Waals surface area contributed by atoms with Crippen molar-refractivity contribution in [2.45, 2.75) is 0 Å². The van der Waals surface area contributed by atoms with E-state index < -0.39 is 11.1 Å². The van der Waals surface area contributed by atoms with E-state index in [9.17, 15) is 14.4 Å². The first-order valence-electron chi connectivity index (χ1n) is 5.98. The van der Waals surface area contributed by atoms with Crippen molar-refractivity contribution in [3.05, 3.63) is 51.6 Å². The summed E-state index contributed by atoms with van der Waals surface area (Å²) in [5, 5.41) is 5.55. The minimum Gasteiger partial charge on any atom is -0.325 e. The molecule has 0 fully saturated rings. The minimum absolute atomic E-state index is 0.159. The number of carbonyl (C=O) groups is 1. The minimum atomic E-state index is -0.728. The smallest absolute Gasteiger partial charge is 0.314 e. The molecule has 7 heteroatoms. The Morgan fingerprint density at radius 2 is 1.90 bits per heavy atom. The fourth-order valence-electron chi connectivity index (χ4n) is 1.69. The number of carbonyl (C=O) groups excluding carboxylic acids is 1. The van der Waals surface area contributed by atoms with Crippen molar-refractivity contribution in [1.82, 2.24) is 15.3 Å². The van der Waals surface area contributed by atoms with Gasteiger partial charge in [-0.2, -0.15) is 0 Å². The molecule has 0 atom stereocenters. The average Bonchev–Trinajstić information content (AvgIpc) is 2.41. The Kier molecular flexibility index (Phi) is 4.11. The number of anilines is 1. The van der Waals surface area contributed by atoms with Crippen molar-refractivity contribution in [2.75, 3.05) is 18.4 Å². The molecule has 0 spiro atoms. The summed E-state index contributed by atoms with van der Waals surface area (Å²) in [6.45, 7) is 4.23. The molecule has 7 nitrogen and oxygen atoms in total. The highest BCUT2D eigenvalue weighted by Gasteiger charge is 2.04. The van der Waals surface area contributed by atoms with Crippen LogP contribution in [0, 0.1) is 0 Å². The number of nitrogens with one attached hydrogen (secondary N) is 4. The number of benzene rings is 1. The Morgan fingerprint density at radius 3 is 2.60 bits per heavy atom. The van der Waals surface area contributed by atoms with Crippen molar-refractivity contribution in [1.29, 1.82) is 0 Å². The van der Waals surface area contributed by atoms with Crippen LogP contribution < -0.4 is 21.8 Å². The second-order valence-electron chi connectivity index (χ2n) is 4.14. The molecule has 104 valence electrons. The zero-order valence-corrected chi connectivity index (χ0v) is 10.7. The molecule has 0 aliphatic rings. The molecule has 1 heterocycles. The fraction of sp³-hybridized carbons (Fsp3) is 0.154. The zero-order chi connectivity index (χ0) is 14.5. The van der Waals surface area contributed by atoms with E-state index in [1.54, 1.807) is 24.3 Å². The van der Waals surface area contributed by atoms with Crippen molar-refractivity contribution >= 4 is 22.6 Å². The highest BCUT2D eigenvalue weighted by Crippen LogP contribution is 2.13. The Balaban J connectivity index is 2.17. The van der Waals surface area contributed by atoms with Crippen LogP contribution in [0.1, 0.15) is 0 Å². The highest BCUT2D eigenvalue weighted by atomic mass is 16.2. The molecule has 0 bridgehead atoms. The van der Waals surface area contributed by atoms with E-state index in [0.29, 0.717) is 23.3 Å². The standard InChI is InChI=1S/C13H14N4O3/c1-2-5-14-7-11(18)15-8-3-4-9-10(6-8)17-13(20)12(19)16-9/h2-4,6,14H,1,5,7H2,(H,15,18)(H,16,19)(H,17,20). The maximum atomic E-state index is 11.6. The quantitative estimate of drug-likeness (QED) is 0.348. The van der Waals surface area contributed by atoms with E-state index in [1.165, 1.54) is 0 Å². The van der Waals surface area contributed by atoms with Gasteiger partial charge in [-0.15, -0.1) is 6.58 Å². The lowest BCUT2D eigenvalue weighted by Gasteiger charge is -2.06. The van der Waals surface area contributed by atoms with Gasteiger partial charge in [0.1, 0.15) is 0 Å². The molecular weight excluding hydrogens is 260 g/mol. The molecule has 0 aliphatic carbocycles. The normalized spacial score (nSPS) is 10.4. The van der Waals surface area contributed by atoms with Crippen molar-refractivity contribution in [3.8, 4) is 0 Å². The third-order valence-corrected chi connectivity index (χ3v) is 2.58. The number of amides is 1. The lowest BCUT2D eigenvalue weighted by Crippen LogP contribution is -2.29. The van der Waals surface area contributed by atoms with Crippen LogP contribution in [0.15, 0.2) is 40.4 Å². The first-order valence-corrected chi connectivity index (χ1v) is 5.98. The molecule has 1 aromatic carbocycles. The molecule has 0 radical (unpaired) electrons. The number of rotatable bonds is 5. The van der Waals surface area contributed by atoms with Crippen LogP contribution >= 0.6 is 0 Å².